The van der Waals surface area contributed by atoms with Gasteiger partial charge in [0.05, 0.1) is 37.3 Å². The van der Waals surface area contributed by atoms with E-state index in [2.05, 4.69) is 39.8 Å². The van der Waals surface area contributed by atoms with E-state index in [1.807, 2.05) is 73.7 Å². The Labute approximate surface area is 410 Å². The number of aliphatic imine (C=N–C) groups is 6. The van der Waals surface area contributed by atoms with Crippen molar-refractivity contribution in [3.8, 4) is 0 Å². The molecule has 6 rings (SSSR count). The predicted molar refractivity (Wildman–Crippen MR) is 217 cm³/mol. The summed E-state index contributed by atoms with van der Waals surface area (Å²) in [5, 5.41) is 15.1. The van der Waals surface area contributed by atoms with Crippen LogP contribution in [0.15, 0.2) is 79.6 Å². The SMILES string of the molecule is C1=NCCCN2CCCN=Cc3ccc(o3)C=NCCCN(CCCN=Cc3ccc1o3)CCCN=Cc1ccc(o1)C=NCCC2.CCO.CCO.[Ag+].[Cu+].[O-][Cl+3]([O-])([O-])[O-].[O-][Cl+3]([O-])([O-])[O-]. The minimum absolute atomic E-state index is 0. The van der Waals surface area contributed by atoms with Crippen LogP contribution in [-0.4, -0.2) is 149 Å². The fourth-order valence-electron chi connectivity index (χ4n) is 5.43. The Bertz CT molecular complexity index is 1460. The molecule has 0 aliphatic carbocycles. The van der Waals surface area contributed by atoms with Crippen LogP contribution in [0.4, 0.5) is 0 Å². The van der Waals surface area contributed by atoms with Gasteiger partial charge in [-0.3, -0.25) is 30.0 Å². The first-order chi connectivity index (χ1) is 30.1. The second-order valence-corrected chi connectivity index (χ2v) is 14.6. The van der Waals surface area contributed by atoms with Crippen LogP contribution in [0.1, 0.15) is 86.9 Å². The van der Waals surface area contributed by atoms with Gasteiger partial charge >= 0.3 is 39.4 Å². The number of hydrogen-bond acceptors (Lipinski definition) is 21. The molecule has 2 N–H and O–H groups in total. The molecule has 3 aromatic heterocycles. The van der Waals surface area contributed by atoms with Crippen molar-refractivity contribution in [2.75, 3.05) is 91.8 Å². The zero-order chi connectivity index (χ0) is 46.6. The Morgan fingerprint density at radius 1 is 0.415 bits per heavy atom. The maximum atomic E-state index is 8.49. The van der Waals surface area contributed by atoms with Gasteiger partial charge in [0.1, 0.15) is 34.6 Å². The fourth-order valence-corrected chi connectivity index (χ4v) is 5.43. The fraction of sp³-hybridized carbons (Fsp3) is 0.550. The van der Waals surface area contributed by atoms with E-state index in [0.717, 1.165) is 152 Å². The Morgan fingerprint density at radius 3 is 0.692 bits per heavy atom. The third-order valence-electron chi connectivity index (χ3n) is 7.82. The summed E-state index contributed by atoms with van der Waals surface area (Å²) in [7, 11) is -9.89. The molecule has 0 unspecified atom stereocenters. The number of aliphatic hydroxyl groups excluding tert-OH is 2. The standard InChI is InChI=1S/C36H48N8O3.2C2H6O.Ag.2ClHO4.Cu/c1-13-37-25-31-7-8-32(45-31)26-40-16-4-22-44-23-5-17-41-29-35-11-9-33(46-35)27-38-14-2-20-43(19-1)21-3-15-39-28-34-10-12-36(47-34)30-42-18-6-24-44;2*1-2-3;;2*2-1(3,4)5;/h7-12,25-30H,1-6,13-24H2;2*3H,2H2,1H3;;2*(H,2,3,4,5);/q;;;+1;;;+1/p-2. The molecule has 0 saturated carbocycles. The average Bonchev–Trinajstić information content (AvgIpc) is 3.97. The molecule has 3 aliphatic heterocycles. The van der Waals surface area contributed by atoms with Crippen molar-refractivity contribution in [2.45, 2.75) is 52.4 Å². The summed E-state index contributed by atoms with van der Waals surface area (Å²) in [5.41, 5.74) is 0. The Balaban J connectivity index is 0. The van der Waals surface area contributed by atoms with E-state index in [1.165, 1.54) is 0 Å². The number of rotatable bonds is 0. The summed E-state index contributed by atoms with van der Waals surface area (Å²) in [4.78, 5) is 32.7. The van der Waals surface area contributed by atoms with Gasteiger partial charge in [-0.2, -0.15) is 0 Å². The van der Waals surface area contributed by atoms with Crippen LogP contribution in [0.5, 0.6) is 0 Å². The Kier molecular flexibility index (Phi) is 39.9. The van der Waals surface area contributed by atoms with Crippen LogP contribution in [-0.2, 0) is 39.4 Å². The van der Waals surface area contributed by atoms with Crippen LogP contribution in [0, 0.1) is 20.5 Å². The van der Waals surface area contributed by atoms with Crippen molar-refractivity contribution in [3.63, 3.8) is 0 Å². The van der Waals surface area contributed by atoms with Gasteiger partial charge in [-0.15, -0.1) is 20.5 Å². The van der Waals surface area contributed by atoms with Crippen LogP contribution >= 0.6 is 0 Å². The predicted octanol–water partition coefficient (Wildman–Crippen LogP) is -4.17. The molecule has 0 fully saturated rings. The van der Waals surface area contributed by atoms with E-state index in [9.17, 15) is 0 Å². The summed E-state index contributed by atoms with van der Waals surface area (Å²) < 4.78 is 85.7. The van der Waals surface area contributed by atoms with Crippen molar-refractivity contribution in [2.24, 2.45) is 30.0 Å². The molecule has 3 aromatic rings. The maximum Gasteiger partial charge on any atom is 1.00 e. The van der Waals surface area contributed by atoms with Crippen molar-refractivity contribution in [3.05, 3.63) is 71.0 Å². The van der Waals surface area contributed by atoms with Crippen LogP contribution in [0.2, 0.25) is 0 Å². The molecule has 25 heteroatoms. The molecule has 65 heavy (non-hydrogen) atoms. The van der Waals surface area contributed by atoms with Crippen molar-refractivity contribution in [1.82, 2.24) is 9.80 Å². The minimum atomic E-state index is -4.94. The van der Waals surface area contributed by atoms with Gasteiger partial charge in [0.2, 0.25) is 0 Å². The first-order valence-electron chi connectivity index (χ1n) is 20.3. The minimum Gasteiger partial charge on any atom is -0.454 e. The molecule has 0 atom stereocenters. The molecule has 6 heterocycles. The number of halogens is 2. The van der Waals surface area contributed by atoms with Crippen LogP contribution in [0.3, 0.4) is 0 Å². The quantitative estimate of drug-likeness (QED) is 0.202. The summed E-state index contributed by atoms with van der Waals surface area (Å²) in [5.74, 6) is 4.52. The molecule has 0 amide bonds. The summed E-state index contributed by atoms with van der Waals surface area (Å²) in [6.07, 6.45) is 16.7. The van der Waals surface area contributed by atoms with Crippen molar-refractivity contribution < 1.29 is 121 Å². The summed E-state index contributed by atoms with van der Waals surface area (Å²) >= 11 is 0. The molecule has 374 valence electrons. The monoisotopic (exact) mass is 1100 g/mol. The largest absolute Gasteiger partial charge is 1.00 e. The number of furan rings is 3. The van der Waals surface area contributed by atoms with Gasteiger partial charge in [-0.25, -0.2) is 37.3 Å². The van der Waals surface area contributed by atoms with E-state index in [-0.39, 0.29) is 52.7 Å². The van der Waals surface area contributed by atoms with Gasteiger partial charge in [0.15, 0.2) is 0 Å². The van der Waals surface area contributed by atoms with Crippen molar-refractivity contribution >= 4 is 37.3 Å². The van der Waals surface area contributed by atoms with E-state index >= 15 is 0 Å². The first kappa shape index (κ1) is 64.3. The maximum absolute atomic E-state index is 8.49. The molecular weight excluding hydrogens is 1040 g/mol. The second-order valence-electron chi connectivity index (χ2n) is 13.1. The topological polar surface area (TPSA) is 345 Å². The van der Waals surface area contributed by atoms with Gasteiger partial charge < -0.3 is 33.3 Å². The molecule has 0 spiro atoms. The van der Waals surface area contributed by atoms with Crippen LogP contribution < -0.4 is 37.3 Å². The van der Waals surface area contributed by atoms with E-state index in [0.29, 0.717) is 0 Å². The summed E-state index contributed by atoms with van der Waals surface area (Å²) in [6.45, 7) is 14.0. The normalized spacial score (nSPS) is 18.1. The van der Waals surface area contributed by atoms with Crippen molar-refractivity contribution in [1.29, 1.82) is 0 Å². The van der Waals surface area contributed by atoms with E-state index in [4.69, 9.17) is 60.7 Å². The number of nitrogens with zero attached hydrogens (tertiary/aromatic N) is 8. The zero-order valence-electron chi connectivity index (χ0n) is 36.4. The Morgan fingerprint density at radius 2 is 0.554 bits per heavy atom. The molecule has 0 aromatic carbocycles. The molecule has 8 bridgehead atoms. The third-order valence-corrected chi connectivity index (χ3v) is 7.82. The molecule has 3 aliphatic rings. The average molecular weight is 1100 g/mol. The van der Waals surface area contributed by atoms with Crippen LogP contribution in [0.25, 0.3) is 0 Å². The number of hydrogen-bond donors (Lipinski definition) is 2. The molecule has 0 radical (unpaired) electrons. The number of fused-ring (bicyclic) bond motifs is 18. The van der Waals surface area contributed by atoms with Gasteiger partial charge in [-0.05, 0) is 128 Å². The second kappa shape index (κ2) is 40.3. The van der Waals surface area contributed by atoms with Gasteiger partial charge in [0, 0.05) is 52.5 Å². The third kappa shape index (κ3) is 41.2. The van der Waals surface area contributed by atoms with E-state index < -0.39 is 20.5 Å². The van der Waals surface area contributed by atoms with Gasteiger partial charge in [0.25, 0.3) is 0 Å². The molecule has 0 saturated heterocycles. The summed E-state index contributed by atoms with van der Waals surface area (Å²) in [6, 6.07) is 11.7. The Hall–Kier alpha value is -2.78. The zero-order valence-corrected chi connectivity index (χ0v) is 40.3. The first-order valence-corrected chi connectivity index (χ1v) is 22.8. The number of aliphatic hydroxyl groups is 2. The smallest absolute Gasteiger partial charge is 0.454 e. The molecular formula is C40H60AgCl2CuN8O13. The molecule has 21 nitrogen and oxygen atoms in total. The van der Waals surface area contributed by atoms with Gasteiger partial charge in [-0.1, -0.05) is 0 Å². The van der Waals surface area contributed by atoms with E-state index in [1.54, 1.807) is 13.8 Å².